The predicted molar refractivity (Wildman–Crippen MR) is 138 cm³/mol. The third-order valence-corrected chi connectivity index (χ3v) is 6.11. The van der Waals surface area contributed by atoms with Gasteiger partial charge in [-0.05, 0) is 55.3 Å². The summed E-state index contributed by atoms with van der Waals surface area (Å²) in [6.45, 7) is 6.02. The summed E-state index contributed by atoms with van der Waals surface area (Å²) >= 11 is 0. The highest BCUT2D eigenvalue weighted by atomic mass is 16.7. The van der Waals surface area contributed by atoms with Crippen LogP contribution in [0.3, 0.4) is 0 Å². The van der Waals surface area contributed by atoms with E-state index in [1.807, 2.05) is 0 Å². The van der Waals surface area contributed by atoms with Gasteiger partial charge < -0.3 is 28.7 Å². The number of hydrogen-bond donors (Lipinski definition) is 1. The molecule has 12 nitrogen and oxygen atoms in total. The zero-order chi connectivity index (χ0) is 28.6. The number of benzene rings is 2. The number of rotatable bonds is 6. The van der Waals surface area contributed by atoms with Crippen LogP contribution in [0.5, 0.6) is 23.0 Å². The summed E-state index contributed by atoms with van der Waals surface area (Å²) in [5, 5.41) is 0.149. The van der Waals surface area contributed by atoms with Gasteiger partial charge in [0.05, 0.1) is 23.9 Å². The van der Waals surface area contributed by atoms with Gasteiger partial charge in [-0.2, -0.15) is 0 Å². The van der Waals surface area contributed by atoms with Crippen LogP contribution in [-0.2, 0) is 19.1 Å². The molecule has 1 aromatic heterocycles. The van der Waals surface area contributed by atoms with E-state index in [2.05, 4.69) is 9.98 Å². The minimum atomic E-state index is -0.866. The third-order valence-electron chi connectivity index (χ3n) is 6.11. The molecular weight excluding hydrogens is 522 g/mol. The second-order valence-electron chi connectivity index (χ2n) is 8.92. The maximum absolute atomic E-state index is 13.8. The first-order chi connectivity index (χ1) is 19.2. The van der Waals surface area contributed by atoms with Crippen molar-refractivity contribution in [3.05, 3.63) is 80.1 Å². The Labute approximate surface area is 227 Å². The number of carbonyl (C=O) groups is 3. The number of fused-ring (bicyclic) bond motifs is 2. The molecule has 3 heterocycles. The molecule has 0 fully saturated rings. The van der Waals surface area contributed by atoms with E-state index in [-0.39, 0.29) is 41.4 Å². The molecular formula is C28H25N3O9. The Morgan fingerprint density at radius 2 is 1.77 bits per heavy atom. The van der Waals surface area contributed by atoms with Crippen molar-refractivity contribution in [2.75, 3.05) is 13.4 Å². The molecule has 3 aromatic rings. The molecule has 0 aliphatic carbocycles. The molecule has 0 saturated heterocycles. The van der Waals surface area contributed by atoms with E-state index in [0.29, 0.717) is 28.3 Å². The largest absolute Gasteiger partial charge is 0.463 e. The van der Waals surface area contributed by atoms with Crippen LogP contribution in [0.1, 0.15) is 44.9 Å². The fraction of sp³-hybridized carbons (Fsp3) is 0.250. The van der Waals surface area contributed by atoms with Crippen molar-refractivity contribution >= 4 is 24.0 Å². The first-order valence-electron chi connectivity index (χ1n) is 12.4. The summed E-state index contributed by atoms with van der Waals surface area (Å²) in [5.41, 5.74) is 1.42. The minimum Gasteiger partial charge on any atom is -0.463 e. The number of aromatic amines is 1. The van der Waals surface area contributed by atoms with Gasteiger partial charge in [0.1, 0.15) is 5.35 Å². The number of nitrogens with zero attached hydrogens (tertiary/aromatic N) is 2. The first kappa shape index (κ1) is 26.5. The van der Waals surface area contributed by atoms with Gasteiger partial charge in [0.15, 0.2) is 23.0 Å². The molecule has 40 heavy (non-hydrogen) atoms. The maximum atomic E-state index is 13.8. The van der Waals surface area contributed by atoms with Crippen molar-refractivity contribution in [1.29, 1.82) is 0 Å². The normalized spacial score (nSPS) is 15.8. The van der Waals surface area contributed by atoms with Gasteiger partial charge in [0, 0.05) is 13.8 Å². The van der Waals surface area contributed by atoms with Crippen LogP contribution in [-0.4, -0.2) is 40.9 Å². The topological polar surface area (TPSA) is 148 Å². The van der Waals surface area contributed by atoms with Crippen molar-refractivity contribution in [1.82, 2.24) is 9.55 Å². The first-order valence-corrected chi connectivity index (χ1v) is 12.4. The second kappa shape index (κ2) is 10.6. The number of H-pyrrole nitrogens is 1. The summed E-state index contributed by atoms with van der Waals surface area (Å²) in [5.74, 6) is -0.682. The zero-order valence-electron chi connectivity index (χ0n) is 22.1. The van der Waals surface area contributed by atoms with Crippen LogP contribution in [0.4, 0.5) is 0 Å². The van der Waals surface area contributed by atoms with Crippen LogP contribution in [0.25, 0.3) is 6.08 Å². The molecule has 5 rings (SSSR count). The molecule has 12 heteroatoms. The van der Waals surface area contributed by atoms with Crippen molar-refractivity contribution in [3.63, 3.8) is 0 Å². The quantitative estimate of drug-likeness (QED) is 0.359. The van der Waals surface area contributed by atoms with Crippen molar-refractivity contribution in [2.45, 2.75) is 33.7 Å². The van der Waals surface area contributed by atoms with E-state index in [4.69, 9.17) is 23.7 Å². The number of imidazole rings is 1. The van der Waals surface area contributed by atoms with Crippen molar-refractivity contribution < 1.29 is 38.1 Å². The summed E-state index contributed by atoms with van der Waals surface area (Å²) in [4.78, 5) is 57.4. The van der Waals surface area contributed by atoms with E-state index in [9.17, 15) is 19.2 Å². The number of hydrogen-bond acceptors (Lipinski definition) is 10. The Hall–Kier alpha value is -5.13. The molecule has 0 saturated carbocycles. The van der Waals surface area contributed by atoms with E-state index in [1.165, 1.54) is 36.6 Å². The van der Waals surface area contributed by atoms with Crippen LogP contribution >= 0.6 is 0 Å². The van der Waals surface area contributed by atoms with Gasteiger partial charge in [-0.3, -0.25) is 19.0 Å². The highest BCUT2D eigenvalue weighted by molar-refractivity contribution is 5.91. The molecule has 2 aliphatic heterocycles. The number of carbonyl (C=O) groups excluding carboxylic acids is 3. The van der Waals surface area contributed by atoms with E-state index in [0.717, 1.165) is 0 Å². The lowest BCUT2D eigenvalue weighted by Crippen LogP contribution is -2.40. The van der Waals surface area contributed by atoms with Crippen LogP contribution in [0.15, 0.2) is 57.5 Å². The number of allylic oxidation sites excluding steroid dienone is 1. The monoisotopic (exact) mass is 547 g/mol. The van der Waals surface area contributed by atoms with Crippen LogP contribution < -0.4 is 35.5 Å². The third kappa shape index (κ3) is 4.98. The standard InChI is InChI=1S/C28H25N3O9/c1-5-36-27(35)24-14(2)29-28-30-19(10-17-6-8-21(39-15(3)32)23(11-17)40-16(4)33)26(34)31(28)25(24)18-7-9-20-22(12-18)38-13-37-20/h6-12,25H,5,13H2,1-4H3,(H,29,30). The predicted octanol–water partition coefficient (Wildman–Crippen LogP) is 1.64. The van der Waals surface area contributed by atoms with E-state index >= 15 is 0 Å². The molecule has 2 aromatic carbocycles. The van der Waals surface area contributed by atoms with Gasteiger partial charge in [-0.1, -0.05) is 12.1 Å². The molecule has 206 valence electrons. The lowest BCUT2D eigenvalue weighted by molar-refractivity contribution is -0.139. The molecule has 1 N–H and O–H groups in total. The van der Waals surface area contributed by atoms with Gasteiger partial charge in [-0.15, -0.1) is 0 Å². The van der Waals surface area contributed by atoms with E-state index in [1.54, 1.807) is 38.1 Å². The Bertz CT molecular complexity index is 1760. The van der Waals surface area contributed by atoms with Gasteiger partial charge >= 0.3 is 17.9 Å². The van der Waals surface area contributed by atoms with Crippen molar-refractivity contribution in [3.8, 4) is 23.0 Å². The summed E-state index contributed by atoms with van der Waals surface area (Å²) < 4.78 is 27.9. The average molecular weight is 548 g/mol. The highest BCUT2D eigenvalue weighted by Gasteiger charge is 2.34. The zero-order valence-corrected chi connectivity index (χ0v) is 22.1. The lowest BCUT2D eigenvalue weighted by Gasteiger charge is -2.24. The Morgan fingerprint density at radius 1 is 1.05 bits per heavy atom. The summed E-state index contributed by atoms with van der Waals surface area (Å²) in [7, 11) is 0. The molecule has 0 radical (unpaired) electrons. The molecule has 1 atom stereocenters. The number of nitrogens with one attached hydrogen (secondary N) is 1. The van der Waals surface area contributed by atoms with Gasteiger partial charge in [-0.25, -0.2) is 9.79 Å². The lowest BCUT2D eigenvalue weighted by atomic mass is 9.95. The number of esters is 3. The number of aromatic nitrogens is 2. The molecule has 0 amide bonds. The molecule has 2 aliphatic rings. The fourth-order valence-corrected chi connectivity index (χ4v) is 4.55. The van der Waals surface area contributed by atoms with Gasteiger partial charge in [0.2, 0.25) is 12.4 Å². The maximum Gasteiger partial charge on any atom is 0.338 e. The smallest absolute Gasteiger partial charge is 0.338 e. The Morgan fingerprint density at radius 3 is 2.50 bits per heavy atom. The van der Waals surface area contributed by atoms with Crippen LogP contribution in [0.2, 0.25) is 0 Å². The summed E-state index contributed by atoms with van der Waals surface area (Å²) in [6.07, 6.45) is 1.53. The van der Waals surface area contributed by atoms with Crippen LogP contribution in [0, 0.1) is 0 Å². The van der Waals surface area contributed by atoms with Crippen molar-refractivity contribution in [2.24, 2.45) is 4.99 Å². The summed E-state index contributed by atoms with van der Waals surface area (Å²) in [6, 6.07) is 8.83. The number of ether oxygens (including phenoxy) is 5. The SMILES string of the molecule is CCOC(=O)C1=C(C)N=c2[nH]c(=Cc3ccc(OC(C)=O)c(OC(C)=O)c3)c(=O)n2C1c1ccc2c(c1)OCO2. The van der Waals surface area contributed by atoms with Gasteiger partial charge in [0.25, 0.3) is 5.56 Å². The molecule has 0 spiro atoms. The molecule has 0 bridgehead atoms. The molecule has 1 unspecified atom stereocenters. The Kier molecular flexibility index (Phi) is 6.99. The Balaban J connectivity index is 1.66. The second-order valence-corrected chi connectivity index (χ2v) is 8.92. The fourth-order valence-electron chi connectivity index (χ4n) is 4.55. The minimum absolute atomic E-state index is 0.0119. The average Bonchev–Trinajstić information content (AvgIpc) is 3.48. The van der Waals surface area contributed by atoms with E-state index < -0.39 is 29.5 Å². The highest BCUT2D eigenvalue weighted by Crippen LogP contribution is 2.38.